The van der Waals surface area contributed by atoms with E-state index in [1.54, 1.807) is 19.3 Å². The minimum absolute atomic E-state index is 0.0121. The first-order valence-electron chi connectivity index (χ1n) is 7.36. The van der Waals surface area contributed by atoms with Crippen LogP contribution in [0.5, 0.6) is 0 Å². The summed E-state index contributed by atoms with van der Waals surface area (Å²) in [6.45, 7) is 1.76. The summed E-state index contributed by atoms with van der Waals surface area (Å²) in [7, 11) is 1.30. The van der Waals surface area contributed by atoms with Crippen molar-refractivity contribution < 1.29 is 14.3 Å². The second-order valence-electron chi connectivity index (χ2n) is 5.32. The van der Waals surface area contributed by atoms with Crippen molar-refractivity contribution in [3.63, 3.8) is 0 Å². The van der Waals surface area contributed by atoms with Crippen LogP contribution in [-0.4, -0.2) is 35.0 Å². The van der Waals surface area contributed by atoms with Crippen molar-refractivity contribution in [1.82, 2.24) is 20.8 Å². The maximum absolute atomic E-state index is 12.4. The van der Waals surface area contributed by atoms with E-state index in [4.69, 9.17) is 0 Å². The number of hydrazine groups is 1. The summed E-state index contributed by atoms with van der Waals surface area (Å²) >= 11 is 1.24. The van der Waals surface area contributed by atoms with E-state index in [0.717, 1.165) is 5.56 Å². The number of nitrogens with one attached hydrogen (secondary N) is 3. The van der Waals surface area contributed by atoms with Crippen molar-refractivity contribution in [2.75, 3.05) is 12.4 Å². The monoisotopic (exact) mass is 347 g/mol. The zero-order chi connectivity index (χ0) is 17.1. The summed E-state index contributed by atoms with van der Waals surface area (Å²) in [5, 5.41) is 3.12. The number of ether oxygens (including phenoxy) is 1. The summed E-state index contributed by atoms with van der Waals surface area (Å²) < 4.78 is 4.66. The first-order chi connectivity index (χ1) is 11.6. The summed E-state index contributed by atoms with van der Waals surface area (Å²) in [4.78, 5) is 32.8. The smallest absolute Gasteiger partial charge is 0.357 e. The van der Waals surface area contributed by atoms with E-state index in [2.05, 4.69) is 30.9 Å². The average molecular weight is 347 g/mol. The number of esters is 1. The van der Waals surface area contributed by atoms with Crippen LogP contribution in [0.3, 0.4) is 0 Å². The second kappa shape index (κ2) is 7.04. The van der Waals surface area contributed by atoms with Gasteiger partial charge in [-0.3, -0.25) is 9.78 Å². The van der Waals surface area contributed by atoms with Crippen LogP contribution in [0.4, 0.5) is 5.13 Å². The predicted octanol–water partition coefficient (Wildman–Crippen LogP) is 1.18. The quantitative estimate of drug-likeness (QED) is 0.713. The number of anilines is 1. The Kier molecular flexibility index (Phi) is 4.84. The molecule has 1 aliphatic rings. The van der Waals surface area contributed by atoms with Crippen LogP contribution < -0.4 is 16.2 Å². The molecule has 2 atom stereocenters. The Labute approximate surface area is 142 Å². The molecule has 24 heavy (non-hydrogen) atoms. The van der Waals surface area contributed by atoms with Crippen molar-refractivity contribution in [2.24, 2.45) is 0 Å². The van der Waals surface area contributed by atoms with Gasteiger partial charge in [0.1, 0.15) is 6.04 Å². The van der Waals surface area contributed by atoms with Crippen LogP contribution in [0.25, 0.3) is 0 Å². The van der Waals surface area contributed by atoms with Crippen LogP contribution in [0.2, 0.25) is 0 Å². The molecule has 2 unspecified atom stereocenters. The van der Waals surface area contributed by atoms with Crippen LogP contribution in [0, 0.1) is 6.92 Å². The normalized spacial score (nSPS) is 19.9. The molecule has 3 heterocycles. The number of hydrogen-bond donors (Lipinski definition) is 3. The van der Waals surface area contributed by atoms with Gasteiger partial charge >= 0.3 is 5.97 Å². The Bertz CT molecular complexity index is 749. The largest absolute Gasteiger partial charge is 0.464 e. The van der Waals surface area contributed by atoms with E-state index in [1.165, 1.54) is 18.4 Å². The van der Waals surface area contributed by atoms with Crippen LogP contribution in [0.15, 0.2) is 24.5 Å². The second-order valence-corrected chi connectivity index (χ2v) is 6.52. The average Bonchev–Trinajstić information content (AvgIpc) is 3.22. The zero-order valence-corrected chi connectivity index (χ0v) is 14.0. The number of rotatable bonds is 4. The number of carbonyl (C=O) groups excluding carboxylic acids is 2. The maximum Gasteiger partial charge on any atom is 0.357 e. The Hall–Kier alpha value is -2.36. The highest BCUT2D eigenvalue weighted by Gasteiger charge is 2.31. The van der Waals surface area contributed by atoms with Crippen molar-refractivity contribution in [2.45, 2.75) is 25.4 Å². The van der Waals surface area contributed by atoms with Crippen LogP contribution in [0.1, 0.15) is 33.4 Å². The van der Waals surface area contributed by atoms with Gasteiger partial charge in [-0.05, 0) is 25.0 Å². The molecule has 3 rings (SSSR count). The highest BCUT2D eigenvalue weighted by Crippen LogP contribution is 2.25. The molecule has 1 saturated heterocycles. The minimum atomic E-state index is -0.512. The van der Waals surface area contributed by atoms with Crippen molar-refractivity contribution in [3.8, 4) is 0 Å². The molecule has 126 valence electrons. The minimum Gasteiger partial charge on any atom is -0.464 e. The molecule has 9 heteroatoms. The van der Waals surface area contributed by atoms with E-state index in [0.29, 0.717) is 16.4 Å². The molecule has 1 fully saturated rings. The molecule has 0 spiro atoms. The third-order valence-electron chi connectivity index (χ3n) is 3.71. The molecule has 0 radical (unpaired) electrons. The van der Waals surface area contributed by atoms with Gasteiger partial charge in [0.25, 0.3) is 0 Å². The number of aromatic nitrogens is 2. The lowest BCUT2D eigenvalue weighted by Crippen LogP contribution is -2.39. The molecule has 3 N–H and O–H groups in total. The predicted molar refractivity (Wildman–Crippen MR) is 88.5 cm³/mol. The molecule has 2 aromatic rings. The van der Waals surface area contributed by atoms with Gasteiger partial charge in [0.2, 0.25) is 5.91 Å². The third-order valence-corrected chi connectivity index (χ3v) is 4.60. The van der Waals surface area contributed by atoms with E-state index >= 15 is 0 Å². The van der Waals surface area contributed by atoms with Gasteiger partial charge in [0.05, 0.1) is 7.11 Å². The van der Waals surface area contributed by atoms with E-state index in [1.807, 2.05) is 12.1 Å². The Morgan fingerprint density at radius 3 is 2.96 bits per heavy atom. The molecule has 1 amide bonds. The van der Waals surface area contributed by atoms with Gasteiger partial charge in [-0.1, -0.05) is 6.07 Å². The highest BCUT2D eigenvalue weighted by atomic mass is 32.1. The molecular formula is C15H17N5O3S. The topological polar surface area (TPSA) is 105 Å². The van der Waals surface area contributed by atoms with Gasteiger partial charge in [0, 0.05) is 23.3 Å². The molecule has 1 aliphatic heterocycles. The number of methoxy groups -OCH3 is 1. The SMILES string of the molecule is COC(=O)c1nc(NC(=O)C2CC(c3cccnc3)NN2)sc1C. The number of hydrogen-bond acceptors (Lipinski definition) is 8. The number of carbonyl (C=O) groups is 2. The number of amides is 1. The summed E-state index contributed by atoms with van der Waals surface area (Å²) in [6.07, 6.45) is 4.07. The molecule has 2 aromatic heterocycles. The first kappa shape index (κ1) is 16.5. The molecule has 8 nitrogen and oxygen atoms in total. The van der Waals surface area contributed by atoms with Gasteiger partial charge < -0.3 is 10.1 Å². The molecule has 0 bridgehead atoms. The molecule has 0 aliphatic carbocycles. The van der Waals surface area contributed by atoms with E-state index in [9.17, 15) is 9.59 Å². The van der Waals surface area contributed by atoms with Crippen molar-refractivity contribution in [3.05, 3.63) is 40.7 Å². The van der Waals surface area contributed by atoms with E-state index < -0.39 is 12.0 Å². The number of pyridine rings is 1. The summed E-state index contributed by atoms with van der Waals surface area (Å²) in [6, 6.07) is 3.43. The highest BCUT2D eigenvalue weighted by molar-refractivity contribution is 7.16. The van der Waals surface area contributed by atoms with Crippen LogP contribution in [-0.2, 0) is 9.53 Å². The molecular weight excluding hydrogens is 330 g/mol. The molecule has 0 aromatic carbocycles. The van der Waals surface area contributed by atoms with Crippen molar-refractivity contribution in [1.29, 1.82) is 0 Å². The fraction of sp³-hybridized carbons (Fsp3) is 0.333. The number of thiazole rings is 1. The standard InChI is InChI=1S/C15H17N5O3S/c1-8-12(14(22)23-2)17-15(24-8)18-13(21)11-6-10(19-20-11)9-4-3-5-16-7-9/h3-5,7,10-11,19-20H,6H2,1-2H3,(H,17,18,21). The first-order valence-corrected chi connectivity index (χ1v) is 8.17. The lowest BCUT2D eigenvalue weighted by Gasteiger charge is -2.08. The maximum atomic E-state index is 12.4. The lowest BCUT2D eigenvalue weighted by atomic mass is 10.0. The third kappa shape index (κ3) is 3.42. The summed E-state index contributed by atoms with van der Waals surface area (Å²) in [5.41, 5.74) is 7.31. The van der Waals surface area contributed by atoms with E-state index in [-0.39, 0.29) is 17.6 Å². The summed E-state index contributed by atoms with van der Waals surface area (Å²) in [5.74, 6) is -0.722. The number of aryl methyl sites for hydroxylation is 1. The van der Waals surface area contributed by atoms with Gasteiger partial charge in [-0.15, -0.1) is 11.3 Å². The fourth-order valence-corrected chi connectivity index (χ4v) is 3.26. The van der Waals surface area contributed by atoms with Gasteiger partial charge in [-0.25, -0.2) is 20.6 Å². The lowest BCUT2D eigenvalue weighted by molar-refractivity contribution is -0.117. The van der Waals surface area contributed by atoms with Gasteiger partial charge in [0.15, 0.2) is 10.8 Å². The Balaban J connectivity index is 1.63. The van der Waals surface area contributed by atoms with Crippen molar-refractivity contribution >= 4 is 28.3 Å². The zero-order valence-electron chi connectivity index (χ0n) is 13.2. The Morgan fingerprint density at radius 2 is 2.25 bits per heavy atom. The van der Waals surface area contributed by atoms with Gasteiger partial charge in [-0.2, -0.15) is 0 Å². The fourth-order valence-electron chi connectivity index (χ4n) is 2.46. The number of nitrogens with zero attached hydrogens (tertiary/aromatic N) is 2. The van der Waals surface area contributed by atoms with Crippen LogP contribution >= 0.6 is 11.3 Å². The molecule has 0 saturated carbocycles. The Morgan fingerprint density at radius 1 is 1.42 bits per heavy atom.